The highest BCUT2D eigenvalue weighted by atomic mass is 16.5. The van der Waals surface area contributed by atoms with Gasteiger partial charge in [-0.25, -0.2) is 15.0 Å². The van der Waals surface area contributed by atoms with E-state index in [2.05, 4.69) is 109 Å². The predicted molar refractivity (Wildman–Crippen MR) is 219 cm³/mol. The van der Waals surface area contributed by atoms with Gasteiger partial charge in [-0.3, -0.25) is 0 Å². The standard InChI is InChI=1S/C49H29N3O3/c1-2-12-29-27-30(24-23-28(29)11-1)47-50-48(52-49(51-47)38-18-9-17-33-31-13-3-6-19-39(31)54-45(33)38)37-26-25-34(46-44(37)36-15-5-8-21-41(36)55-46)32-16-10-22-42-43(32)35-14-4-7-20-40(35)53-42/h1-27,33,45H. The van der Waals surface area contributed by atoms with Gasteiger partial charge in [-0.15, -0.1) is 0 Å². The molecule has 10 aromatic rings. The molecule has 0 bridgehead atoms. The molecule has 0 saturated carbocycles. The number of para-hydroxylation sites is 3. The van der Waals surface area contributed by atoms with E-state index in [4.69, 9.17) is 28.5 Å². The Balaban J connectivity index is 1.11. The number of ether oxygens (including phenoxy) is 1. The molecule has 258 valence electrons. The van der Waals surface area contributed by atoms with Crippen LogP contribution in [-0.4, -0.2) is 21.1 Å². The van der Waals surface area contributed by atoms with Crippen molar-refractivity contribution in [2.24, 2.45) is 0 Å². The van der Waals surface area contributed by atoms with Crippen LogP contribution in [0.2, 0.25) is 0 Å². The number of allylic oxidation sites excluding steroid dienone is 2. The van der Waals surface area contributed by atoms with Gasteiger partial charge in [0.15, 0.2) is 17.5 Å². The van der Waals surface area contributed by atoms with E-state index < -0.39 is 0 Å². The summed E-state index contributed by atoms with van der Waals surface area (Å²) in [6.45, 7) is 0. The largest absolute Gasteiger partial charge is 0.484 e. The Morgan fingerprint density at radius 2 is 1.20 bits per heavy atom. The van der Waals surface area contributed by atoms with Crippen LogP contribution in [0.4, 0.5) is 0 Å². The Bertz CT molecular complexity index is 3280. The molecule has 6 heteroatoms. The first-order valence-corrected chi connectivity index (χ1v) is 18.5. The Morgan fingerprint density at radius 3 is 2.11 bits per heavy atom. The van der Waals surface area contributed by atoms with Crippen LogP contribution in [0, 0.1) is 0 Å². The van der Waals surface area contributed by atoms with E-state index in [1.165, 1.54) is 5.56 Å². The van der Waals surface area contributed by atoms with Crippen molar-refractivity contribution in [2.45, 2.75) is 12.0 Å². The van der Waals surface area contributed by atoms with Gasteiger partial charge >= 0.3 is 0 Å². The van der Waals surface area contributed by atoms with E-state index in [9.17, 15) is 0 Å². The lowest BCUT2D eigenvalue weighted by atomic mass is 9.87. The minimum absolute atomic E-state index is 0.0612. The van der Waals surface area contributed by atoms with Crippen molar-refractivity contribution in [3.05, 3.63) is 175 Å². The van der Waals surface area contributed by atoms with Gasteiger partial charge in [0.25, 0.3) is 0 Å². The first kappa shape index (κ1) is 30.2. The van der Waals surface area contributed by atoms with Gasteiger partial charge in [0.1, 0.15) is 34.2 Å². The summed E-state index contributed by atoms with van der Waals surface area (Å²) in [6, 6.07) is 49.8. The minimum Gasteiger partial charge on any atom is -0.484 e. The van der Waals surface area contributed by atoms with Gasteiger partial charge in [0.2, 0.25) is 0 Å². The lowest BCUT2D eigenvalue weighted by Crippen LogP contribution is -2.23. The summed E-state index contributed by atoms with van der Waals surface area (Å²) in [5.41, 5.74) is 9.09. The molecule has 0 N–H and O–H groups in total. The van der Waals surface area contributed by atoms with Crippen LogP contribution < -0.4 is 4.74 Å². The topological polar surface area (TPSA) is 74.2 Å². The normalized spacial score (nSPS) is 16.2. The first-order valence-electron chi connectivity index (χ1n) is 18.5. The average molecular weight is 708 g/mol. The van der Waals surface area contributed by atoms with Gasteiger partial charge < -0.3 is 13.6 Å². The molecule has 7 aromatic carbocycles. The zero-order valence-corrected chi connectivity index (χ0v) is 29.3. The molecule has 4 heterocycles. The van der Waals surface area contributed by atoms with Gasteiger partial charge in [-0.2, -0.15) is 0 Å². The smallest absolute Gasteiger partial charge is 0.164 e. The van der Waals surface area contributed by atoms with E-state index >= 15 is 0 Å². The molecule has 0 radical (unpaired) electrons. The molecule has 1 aliphatic heterocycles. The SMILES string of the molecule is C1=CC2c3ccccc3OC2C(c2nc(-c3ccc4ccccc4c3)nc(-c3ccc(-c4cccc5oc6ccccc6c45)c4oc5ccccc5c34)n2)=C1. The summed E-state index contributed by atoms with van der Waals surface area (Å²) in [6.07, 6.45) is 6.12. The third-order valence-electron chi connectivity index (χ3n) is 11.1. The molecule has 12 rings (SSSR count). The van der Waals surface area contributed by atoms with E-state index in [-0.39, 0.29) is 12.0 Å². The van der Waals surface area contributed by atoms with Crippen LogP contribution in [0.5, 0.6) is 5.75 Å². The van der Waals surface area contributed by atoms with E-state index in [1.54, 1.807) is 0 Å². The maximum absolute atomic E-state index is 6.80. The van der Waals surface area contributed by atoms with E-state index in [0.29, 0.717) is 17.5 Å². The van der Waals surface area contributed by atoms with Crippen molar-refractivity contribution in [1.82, 2.24) is 15.0 Å². The van der Waals surface area contributed by atoms with Crippen LogP contribution in [0.1, 0.15) is 17.3 Å². The zero-order chi connectivity index (χ0) is 36.0. The summed E-state index contributed by atoms with van der Waals surface area (Å²) in [7, 11) is 0. The number of rotatable bonds is 4. The van der Waals surface area contributed by atoms with E-state index in [1.807, 2.05) is 54.6 Å². The number of nitrogens with zero attached hydrogens (tertiary/aromatic N) is 3. The van der Waals surface area contributed by atoms with Crippen molar-refractivity contribution < 1.29 is 13.6 Å². The third-order valence-corrected chi connectivity index (χ3v) is 11.1. The highest BCUT2D eigenvalue weighted by Gasteiger charge is 2.38. The third kappa shape index (κ3) is 4.58. The summed E-state index contributed by atoms with van der Waals surface area (Å²) in [5, 5.41) is 6.32. The zero-order valence-electron chi connectivity index (χ0n) is 29.3. The summed E-state index contributed by atoms with van der Waals surface area (Å²) >= 11 is 0. The van der Waals surface area contributed by atoms with Crippen LogP contribution in [0.3, 0.4) is 0 Å². The summed E-state index contributed by atoms with van der Waals surface area (Å²) in [5.74, 6) is 2.69. The highest BCUT2D eigenvalue weighted by Crippen LogP contribution is 2.47. The highest BCUT2D eigenvalue weighted by molar-refractivity contribution is 6.20. The number of hydrogen-bond acceptors (Lipinski definition) is 6. The lowest BCUT2D eigenvalue weighted by Gasteiger charge is -2.22. The molecule has 0 amide bonds. The van der Waals surface area contributed by atoms with Crippen molar-refractivity contribution in [2.75, 3.05) is 0 Å². The second kappa shape index (κ2) is 11.6. The Morgan fingerprint density at radius 1 is 0.491 bits per heavy atom. The summed E-state index contributed by atoms with van der Waals surface area (Å²) in [4.78, 5) is 15.8. The fraction of sp³-hybridized carbons (Fsp3) is 0.0408. The van der Waals surface area contributed by atoms with Crippen LogP contribution in [0.15, 0.2) is 173 Å². The Hall–Kier alpha value is -7.31. The molecular weight excluding hydrogens is 679 g/mol. The monoisotopic (exact) mass is 707 g/mol. The van der Waals surface area contributed by atoms with Crippen LogP contribution >= 0.6 is 0 Å². The molecular formula is C49H29N3O3. The maximum Gasteiger partial charge on any atom is 0.164 e. The van der Waals surface area contributed by atoms with Crippen molar-refractivity contribution in [3.63, 3.8) is 0 Å². The van der Waals surface area contributed by atoms with Gasteiger partial charge in [-0.05, 0) is 58.8 Å². The quantitative estimate of drug-likeness (QED) is 0.181. The Labute approximate surface area is 314 Å². The number of aromatic nitrogens is 3. The second-order valence-corrected chi connectivity index (χ2v) is 14.2. The molecule has 2 aliphatic rings. The van der Waals surface area contributed by atoms with Crippen LogP contribution in [-0.2, 0) is 0 Å². The van der Waals surface area contributed by atoms with Gasteiger partial charge in [0, 0.05) is 55.3 Å². The number of furan rings is 2. The fourth-order valence-corrected chi connectivity index (χ4v) is 8.58. The number of benzene rings is 7. The molecule has 2 unspecified atom stereocenters. The average Bonchev–Trinajstić information content (AvgIpc) is 3.95. The maximum atomic E-state index is 6.80. The first-order chi connectivity index (χ1) is 27.2. The summed E-state index contributed by atoms with van der Waals surface area (Å²) < 4.78 is 19.7. The van der Waals surface area contributed by atoms with E-state index in [0.717, 1.165) is 88.2 Å². The molecule has 6 nitrogen and oxygen atoms in total. The molecule has 1 aliphatic carbocycles. The Kier molecular flexibility index (Phi) is 6.36. The molecule has 0 saturated heterocycles. The van der Waals surface area contributed by atoms with Crippen molar-refractivity contribution in [3.8, 4) is 39.7 Å². The second-order valence-electron chi connectivity index (χ2n) is 14.2. The van der Waals surface area contributed by atoms with Crippen molar-refractivity contribution in [1.29, 1.82) is 0 Å². The van der Waals surface area contributed by atoms with Crippen LogP contribution in [0.25, 0.3) is 94.1 Å². The van der Waals surface area contributed by atoms with Gasteiger partial charge in [0.05, 0.1) is 0 Å². The molecule has 2 atom stereocenters. The molecule has 0 fully saturated rings. The fourth-order valence-electron chi connectivity index (χ4n) is 8.58. The lowest BCUT2D eigenvalue weighted by molar-refractivity contribution is 0.277. The number of hydrogen-bond donors (Lipinski definition) is 0. The molecule has 55 heavy (non-hydrogen) atoms. The van der Waals surface area contributed by atoms with Crippen molar-refractivity contribution >= 4 is 60.2 Å². The molecule has 0 spiro atoms. The minimum atomic E-state index is -0.260. The molecule has 3 aromatic heterocycles. The van der Waals surface area contributed by atoms with Gasteiger partial charge in [-0.1, -0.05) is 121 Å². The number of fused-ring (bicyclic) bond motifs is 10. The predicted octanol–water partition coefficient (Wildman–Crippen LogP) is 12.3.